The Morgan fingerprint density at radius 3 is 2.58 bits per heavy atom. The van der Waals surface area contributed by atoms with Crippen molar-refractivity contribution in [3.8, 4) is 5.75 Å². The third kappa shape index (κ3) is 6.06. The maximum atomic E-state index is 12.2. The smallest absolute Gasteiger partial charge is 0.222 e. The van der Waals surface area contributed by atoms with E-state index in [4.69, 9.17) is 4.74 Å². The van der Waals surface area contributed by atoms with E-state index in [0.717, 1.165) is 30.7 Å². The lowest BCUT2D eigenvalue weighted by molar-refractivity contribution is -0.127. The minimum absolute atomic E-state index is 0.132. The largest absolute Gasteiger partial charge is 0.497 e. The molecule has 1 heterocycles. The highest BCUT2D eigenvalue weighted by Crippen LogP contribution is 2.20. The first kappa shape index (κ1) is 19.8. The number of ether oxygens (including phenoxy) is 1. The van der Waals surface area contributed by atoms with E-state index < -0.39 is 6.04 Å². The molecule has 0 unspecified atom stereocenters. The second kappa shape index (κ2) is 9.79. The maximum absolute atomic E-state index is 12.2. The molecule has 0 spiro atoms. The second-order valence-electron chi connectivity index (χ2n) is 6.42. The summed E-state index contributed by atoms with van der Waals surface area (Å²) in [6.45, 7) is 3.43. The van der Waals surface area contributed by atoms with E-state index >= 15 is 0 Å². The number of rotatable bonds is 9. The normalized spacial score (nSPS) is 14.8. The summed E-state index contributed by atoms with van der Waals surface area (Å²) in [5.74, 6) is 0.594. The van der Waals surface area contributed by atoms with Gasteiger partial charge in [0.25, 0.3) is 0 Å². The van der Waals surface area contributed by atoms with Crippen LogP contribution in [-0.4, -0.2) is 49.4 Å². The molecule has 142 valence electrons. The van der Waals surface area contributed by atoms with Crippen LogP contribution in [0.25, 0.3) is 0 Å². The molecule has 3 amide bonds. The molecule has 0 aromatic heterocycles. The average molecular weight is 361 g/mol. The molecule has 1 aliphatic rings. The van der Waals surface area contributed by atoms with Gasteiger partial charge in [-0.3, -0.25) is 14.4 Å². The van der Waals surface area contributed by atoms with Crippen LogP contribution >= 0.6 is 0 Å². The molecule has 1 saturated heterocycles. The Balaban J connectivity index is 1.81. The van der Waals surface area contributed by atoms with Crippen LogP contribution in [0.4, 0.5) is 0 Å². The predicted molar refractivity (Wildman–Crippen MR) is 97.6 cm³/mol. The van der Waals surface area contributed by atoms with Crippen molar-refractivity contribution in [2.75, 3.05) is 26.7 Å². The van der Waals surface area contributed by atoms with E-state index in [1.807, 2.05) is 17.0 Å². The Labute approximate surface area is 154 Å². The number of carbonyl (C=O) groups excluding carboxylic acids is 3. The molecule has 1 aromatic rings. The lowest BCUT2D eigenvalue weighted by atomic mass is 10.0. The highest BCUT2D eigenvalue weighted by atomic mass is 16.5. The molecule has 2 rings (SSSR count). The number of hydrogen-bond donors (Lipinski definition) is 2. The minimum Gasteiger partial charge on any atom is -0.497 e. The van der Waals surface area contributed by atoms with Crippen LogP contribution in [0.3, 0.4) is 0 Å². The Hall–Kier alpha value is -2.57. The minimum atomic E-state index is -0.390. The number of nitrogens with zero attached hydrogens (tertiary/aromatic N) is 1. The molecule has 1 atom stereocenters. The summed E-state index contributed by atoms with van der Waals surface area (Å²) >= 11 is 0. The van der Waals surface area contributed by atoms with Crippen molar-refractivity contribution in [1.82, 2.24) is 15.5 Å². The molecule has 1 fully saturated rings. The molecule has 0 bridgehead atoms. The van der Waals surface area contributed by atoms with Crippen LogP contribution in [0.15, 0.2) is 24.3 Å². The summed E-state index contributed by atoms with van der Waals surface area (Å²) in [5, 5.41) is 5.68. The molecule has 26 heavy (non-hydrogen) atoms. The lowest BCUT2D eigenvalue weighted by Gasteiger charge is -2.19. The van der Waals surface area contributed by atoms with Gasteiger partial charge in [-0.05, 0) is 30.5 Å². The zero-order valence-electron chi connectivity index (χ0n) is 15.4. The van der Waals surface area contributed by atoms with Crippen LogP contribution in [0.2, 0.25) is 0 Å². The van der Waals surface area contributed by atoms with Gasteiger partial charge in [0, 0.05) is 33.0 Å². The first-order valence-corrected chi connectivity index (χ1v) is 8.95. The number of likely N-dealkylation sites (tertiary alicyclic amines) is 1. The first-order chi connectivity index (χ1) is 12.5. The Kier molecular flexibility index (Phi) is 7.44. The Morgan fingerprint density at radius 1 is 1.27 bits per heavy atom. The van der Waals surface area contributed by atoms with Gasteiger partial charge in [0.15, 0.2) is 0 Å². The molecule has 2 N–H and O–H groups in total. The van der Waals surface area contributed by atoms with Gasteiger partial charge in [0.1, 0.15) is 5.75 Å². The molecule has 0 aliphatic carbocycles. The zero-order valence-corrected chi connectivity index (χ0v) is 15.4. The van der Waals surface area contributed by atoms with E-state index in [9.17, 15) is 14.4 Å². The van der Waals surface area contributed by atoms with Crippen LogP contribution in [0, 0.1) is 0 Å². The fourth-order valence-corrected chi connectivity index (χ4v) is 3.03. The SMILES string of the molecule is COc1ccc([C@@H](CC(=O)NCCCN2CCCC2=O)NC(C)=O)cc1. The number of carbonyl (C=O) groups is 3. The predicted octanol–water partition coefficient (Wildman–Crippen LogP) is 1.39. The lowest BCUT2D eigenvalue weighted by Crippen LogP contribution is -2.34. The van der Waals surface area contributed by atoms with E-state index in [2.05, 4.69) is 10.6 Å². The summed E-state index contributed by atoms with van der Waals surface area (Å²) in [6, 6.07) is 6.89. The van der Waals surface area contributed by atoms with Gasteiger partial charge in [-0.2, -0.15) is 0 Å². The van der Waals surface area contributed by atoms with Crippen molar-refractivity contribution in [3.63, 3.8) is 0 Å². The van der Waals surface area contributed by atoms with Gasteiger partial charge in [-0.1, -0.05) is 12.1 Å². The van der Waals surface area contributed by atoms with E-state index in [-0.39, 0.29) is 24.1 Å². The summed E-state index contributed by atoms with van der Waals surface area (Å²) in [4.78, 5) is 37.1. The summed E-state index contributed by atoms with van der Waals surface area (Å²) in [6.07, 6.45) is 2.44. The number of nitrogens with one attached hydrogen (secondary N) is 2. The van der Waals surface area contributed by atoms with E-state index in [0.29, 0.717) is 19.5 Å². The van der Waals surface area contributed by atoms with Crippen molar-refractivity contribution < 1.29 is 19.1 Å². The quantitative estimate of drug-likeness (QED) is 0.651. The molecule has 0 saturated carbocycles. The fraction of sp³-hybridized carbons (Fsp3) is 0.526. The van der Waals surface area contributed by atoms with E-state index in [1.165, 1.54) is 6.92 Å². The summed E-state index contributed by atoms with van der Waals surface area (Å²) in [7, 11) is 1.59. The van der Waals surface area contributed by atoms with Crippen molar-refractivity contribution in [3.05, 3.63) is 29.8 Å². The van der Waals surface area contributed by atoms with Gasteiger partial charge < -0.3 is 20.3 Å². The van der Waals surface area contributed by atoms with Crippen LogP contribution < -0.4 is 15.4 Å². The standard InChI is InChI=1S/C19H27N3O4/c1-14(23)21-17(15-6-8-16(26-2)9-7-15)13-18(24)20-10-4-12-22-11-3-5-19(22)25/h6-9,17H,3-5,10-13H2,1-2H3,(H,20,24)(H,21,23)/t17-/m1/s1. The zero-order chi connectivity index (χ0) is 18.9. The van der Waals surface area contributed by atoms with Gasteiger partial charge in [0.05, 0.1) is 19.6 Å². The van der Waals surface area contributed by atoms with Crippen LogP contribution in [0.1, 0.15) is 44.2 Å². The molecular formula is C19H27N3O4. The molecule has 1 aliphatic heterocycles. The Bertz CT molecular complexity index is 630. The van der Waals surface area contributed by atoms with Gasteiger partial charge >= 0.3 is 0 Å². The molecular weight excluding hydrogens is 334 g/mol. The van der Waals surface area contributed by atoms with Crippen molar-refractivity contribution in [2.45, 2.75) is 38.6 Å². The highest BCUT2D eigenvalue weighted by molar-refractivity contribution is 5.79. The van der Waals surface area contributed by atoms with Crippen LogP contribution in [-0.2, 0) is 14.4 Å². The summed E-state index contributed by atoms with van der Waals surface area (Å²) in [5.41, 5.74) is 0.846. The number of amides is 3. The van der Waals surface area contributed by atoms with E-state index in [1.54, 1.807) is 19.2 Å². The van der Waals surface area contributed by atoms with Crippen molar-refractivity contribution >= 4 is 17.7 Å². The molecule has 0 radical (unpaired) electrons. The fourth-order valence-electron chi connectivity index (χ4n) is 3.03. The highest BCUT2D eigenvalue weighted by Gasteiger charge is 2.20. The number of benzene rings is 1. The number of methoxy groups -OCH3 is 1. The average Bonchev–Trinajstić information content (AvgIpc) is 3.03. The monoisotopic (exact) mass is 361 g/mol. The summed E-state index contributed by atoms with van der Waals surface area (Å²) < 4.78 is 5.13. The molecule has 1 aromatic carbocycles. The van der Waals surface area contributed by atoms with Gasteiger partial charge in [-0.25, -0.2) is 0 Å². The third-order valence-corrected chi connectivity index (χ3v) is 4.38. The topological polar surface area (TPSA) is 87.7 Å². The Morgan fingerprint density at radius 2 is 2.00 bits per heavy atom. The number of hydrogen-bond acceptors (Lipinski definition) is 4. The van der Waals surface area contributed by atoms with Crippen LogP contribution in [0.5, 0.6) is 5.75 Å². The molecule has 7 nitrogen and oxygen atoms in total. The molecule has 7 heteroatoms. The van der Waals surface area contributed by atoms with Gasteiger partial charge in [0.2, 0.25) is 17.7 Å². The van der Waals surface area contributed by atoms with Gasteiger partial charge in [-0.15, -0.1) is 0 Å². The maximum Gasteiger partial charge on any atom is 0.222 e. The van der Waals surface area contributed by atoms with Crippen molar-refractivity contribution in [2.24, 2.45) is 0 Å². The second-order valence-corrected chi connectivity index (χ2v) is 6.42. The third-order valence-electron chi connectivity index (χ3n) is 4.38. The van der Waals surface area contributed by atoms with Crippen molar-refractivity contribution in [1.29, 1.82) is 0 Å². The first-order valence-electron chi connectivity index (χ1n) is 8.95.